The number of aliphatic carboxylic acids is 1. The van der Waals surface area contributed by atoms with E-state index in [0.29, 0.717) is 32.8 Å². The largest absolute Gasteiger partial charge is 0.480 e. The minimum absolute atomic E-state index is 0.0237. The Kier molecular flexibility index (Phi) is 6.36. The van der Waals surface area contributed by atoms with Gasteiger partial charge in [0.1, 0.15) is 6.04 Å². The molecular formula is C16H22N2O4. The van der Waals surface area contributed by atoms with Crippen molar-refractivity contribution in [3.8, 4) is 0 Å². The van der Waals surface area contributed by atoms with Gasteiger partial charge in [0, 0.05) is 13.1 Å². The van der Waals surface area contributed by atoms with Gasteiger partial charge in [-0.15, -0.1) is 0 Å². The Hall–Kier alpha value is -1.92. The van der Waals surface area contributed by atoms with E-state index in [1.807, 2.05) is 30.3 Å². The second kappa shape index (κ2) is 8.51. The molecule has 1 aromatic rings. The van der Waals surface area contributed by atoms with Crippen LogP contribution < -0.4 is 5.32 Å². The summed E-state index contributed by atoms with van der Waals surface area (Å²) in [4.78, 5) is 25.1. The lowest BCUT2D eigenvalue weighted by Crippen LogP contribution is -2.46. The summed E-state index contributed by atoms with van der Waals surface area (Å²) in [6.45, 7) is 2.64. The van der Waals surface area contributed by atoms with Gasteiger partial charge >= 0.3 is 5.97 Å². The van der Waals surface area contributed by atoms with Crippen molar-refractivity contribution in [2.45, 2.75) is 18.9 Å². The fourth-order valence-electron chi connectivity index (χ4n) is 2.40. The van der Waals surface area contributed by atoms with Crippen LogP contribution in [0.4, 0.5) is 0 Å². The molecule has 1 saturated heterocycles. The molecule has 1 atom stereocenters. The molecule has 0 aromatic heterocycles. The molecule has 1 amide bonds. The molecular weight excluding hydrogens is 284 g/mol. The standard InChI is InChI=1S/C16H22N2O4/c19-15(18-8-10-22-11-9-18)12-14(16(20)21)17-7-6-13-4-2-1-3-5-13/h1-5,14,17H,6-12H2,(H,20,21)/t14-/m1/s1. The monoisotopic (exact) mass is 306 g/mol. The zero-order valence-electron chi connectivity index (χ0n) is 12.5. The van der Waals surface area contributed by atoms with Crippen LogP contribution in [0.5, 0.6) is 0 Å². The van der Waals surface area contributed by atoms with Crippen LogP contribution in [0.25, 0.3) is 0 Å². The lowest BCUT2D eigenvalue weighted by atomic mass is 10.1. The number of benzene rings is 1. The van der Waals surface area contributed by atoms with Gasteiger partial charge in [-0.05, 0) is 18.5 Å². The van der Waals surface area contributed by atoms with Crippen LogP contribution in [0, 0.1) is 0 Å². The van der Waals surface area contributed by atoms with E-state index in [2.05, 4.69) is 5.32 Å². The highest BCUT2D eigenvalue weighted by molar-refractivity contribution is 5.84. The second-order valence-corrected chi connectivity index (χ2v) is 5.28. The van der Waals surface area contributed by atoms with E-state index in [9.17, 15) is 14.7 Å². The van der Waals surface area contributed by atoms with Crippen molar-refractivity contribution in [3.63, 3.8) is 0 Å². The highest BCUT2D eigenvalue weighted by Crippen LogP contribution is 2.04. The molecule has 0 radical (unpaired) electrons. The number of carbonyl (C=O) groups is 2. The van der Waals surface area contributed by atoms with Gasteiger partial charge in [-0.2, -0.15) is 0 Å². The molecule has 1 heterocycles. The van der Waals surface area contributed by atoms with Crippen LogP contribution >= 0.6 is 0 Å². The first kappa shape index (κ1) is 16.5. The van der Waals surface area contributed by atoms with Crippen LogP contribution in [0.1, 0.15) is 12.0 Å². The number of ether oxygens (including phenoxy) is 1. The molecule has 6 heteroatoms. The first-order valence-corrected chi connectivity index (χ1v) is 7.52. The maximum Gasteiger partial charge on any atom is 0.321 e. The fourth-order valence-corrected chi connectivity index (χ4v) is 2.40. The molecule has 1 aliphatic rings. The van der Waals surface area contributed by atoms with Crippen molar-refractivity contribution in [2.75, 3.05) is 32.8 Å². The van der Waals surface area contributed by atoms with Gasteiger partial charge in [0.15, 0.2) is 0 Å². The molecule has 2 N–H and O–H groups in total. The third-order valence-electron chi connectivity index (χ3n) is 3.69. The third kappa shape index (κ3) is 5.13. The predicted octanol–water partition coefficient (Wildman–Crippen LogP) is 0.521. The highest BCUT2D eigenvalue weighted by atomic mass is 16.5. The summed E-state index contributed by atoms with van der Waals surface area (Å²) >= 11 is 0. The van der Waals surface area contributed by atoms with E-state index in [1.165, 1.54) is 0 Å². The minimum atomic E-state index is -0.991. The predicted molar refractivity (Wildman–Crippen MR) is 81.6 cm³/mol. The normalized spacial score (nSPS) is 16.3. The fraction of sp³-hybridized carbons (Fsp3) is 0.500. The zero-order chi connectivity index (χ0) is 15.8. The van der Waals surface area contributed by atoms with Crippen LogP contribution in [0.15, 0.2) is 30.3 Å². The Morgan fingerprint density at radius 1 is 1.23 bits per heavy atom. The third-order valence-corrected chi connectivity index (χ3v) is 3.69. The molecule has 0 bridgehead atoms. The topological polar surface area (TPSA) is 78.9 Å². The number of carbonyl (C=O) groups excluding carboxylic acids is 1. The van der Waals surface area contributed by atoms with Crippen molar-refractivity contribution in [1.82, 2.24) is 10.2 Å². The SMILES string of the molecule is O=C(O)[C@@H](CC(=O)N1CCOCC1)NCCc1ccccc1. The lowest BCUT2D eigenvalue weighted by Gasteiger charge is -2.28. The molecule has 120 valence electrons. The van der Waals surface area contributed by atoms with Crippen LogP contribution in [0.2, 0.25) is 0 Å². The van der Waals surface area contributed by atoms with Gasteiger partial charge in [-0.3, -0.25) is 9.59 Å². The molecule has 6 nitrogen and oxygen atoms in total. The number of hydrogen-bond acceptors (Lipinski definition) is 4. The summed E-state index contributed by atoms with van der Waals surface area (Å²) in [5, 5.41) is 12.2. The number of morpholine rings is 1. The van der Waals surface area contributed by atoms with Crippen molar-refractivity contribution >= 4 is 11.9 Å². The number of hydrogen-bond donors (Lipinski definition) is 2. The van der Waals surface area contributed by atoms with Crippen LogP contribution in [-0.2, 0) is 20.7 Å². The van der Waals surface area contributed by atoms with E-state index in [0.717, 1.165) is 12.0 Å². The van der Waals surface area contributed by atoms with Gasteiger partial charge in [-0.1, -0.05) is 30.3 Å². The summed E-state index contributed by atoms with van der Waals surface area (Å²) in [5.74, 6) is -1.13. The molecule has 0 aliphatic carbocycles. The Labute approximate surface area is 130 Å². The van der Waals surface area contributed by atoms with Crippen molar-refractivity contribution < 1.29 is 19.4 Å². The Bertz CT molecular complexity index is 486. The van der Waals surface area contributed by atoms with Crippen molar-refractivity contribution in [3.05, 3.63) is 35.9 Å². The van der Waals surface area contributed by atoms with Crippen molar-refractivity contribution in [2.24, 2.45) is 0 Å². The number of carboxylic acids is 1. The van der Waals surface area contributed by atoms with E-state index in [4.69, 9.17) is 4.74 Å². The van der Waals surface area contributed by atoms with E-state index in [1.54, 1.807) is 4.90 Å². The maximum absolute atomic E-state index is 12.1. The van der Waals surface area contributed by atoms with Crippen LogP contribution in [-0.4, -0.2) is 60.8 Å². The van der Waals surface area contributed by atoms with Crippen LogP contribution in [0.3, 0.4) is 0 Å². The lowest BCUT2D eigenvalue weighted by molar-refractivity contribution is -0.144. The average Bonchev–Trinajstić information content (AvgIpc) is 2.55. The minimum Gasteiger partial charge on any atom is -0.480 e. The quantitative estimate of drug-likeness (QED) is 0.768. The molecule has 1 aliphatic heterocycles. The summed E-state index contributed by atoms with van der Waals surface area (Å²) in [7, 11) is 0. The van der Waals surface area contributed by atoms with Gasteiger partial charge in [0.25, 0.3) is 0 Å². The number of amides is 1. The molecule has 1 fully saturated rings. The van der Waals surface area contributed by atoms with Crippen molar-refractivity contribution in [1.29, 1.82) is 0 Å². The molecule has 0 saturated carbocycles. The maximum atomic E-state index is 12.1. The van der Waals surface area contributed by atoms with E-state index in [-0.39, 0.29) is 12.3 Å². The number of carboxylic acid groups (broad SMARTS) is 1. The van der Waals surface area contributed by atoms with Gasteiger partial charge in [0.05, 0.1) is 19.6 Å². The molecule has 0 spiro atoms. The number of nitrogens with one attached hydrogen (secondary N) is 1. The summed E-state index contributed by atoms with van der Waals surface area (Å²) in [6, 6.07) is 8.99. The summed E-state index contributed by atoms with van der Waals surface area (Å²) in [6.07, 6.45) is 0.709. The van der Waals surface area contributed by atoms with Gasteiger partial charge < -0.3 is 20.1 Å². The first-order valence-electron chi connectivity index (χ1n) is 7.52. The van der Waals surface area contributed by atoms with E-state index >= 15 is 0 Å². The second-order valence-electron chi connectivity index (χ2n) is 5.28. The summed E-state index contributed by atoms with van der Waals surface area (Å²) in [5.41, 5.74) is 1.14. The Balaban J connectivity index is 1.79. The number of rotatable bonds is 7. The molecule has 0 unspecified atom stereocenters. The van der Waals surface area contributed by atoms with E-state index < -0.39 is 12.0 Å². The summed E-state index contributed by atoms with van der Waals surface area (Å²) < 4.78 is 5.19. The number of nitrogens with zero attached hydrogens (tertiary/aromatic N) is 1. The molecule has 2 rings (SSSR count). The Morgan fingerprint density at radius 3 is 2.55 bits per heavy atom. The molecule has 1 aromatic carbocycles. The molecule has 22 heavy (non-hydrogen) atoms. The first-order chi connectivity index (χ1) is 10.7. The average molecular weight is 306 g/mol. The van der Waals surface area contributed by atoms with Gasteiger partial charge in [0.2, 0.25) is 5.91 Å². The van der Waals surface area contributed by atoms with Gasteiger partial charge in [-0.25, -0.2) is 0 Å². The zero-order valence-corrected chi connectivity index (χ0v) is 12.5. The highest BCUT2D eigenvalue weighted by Gasteiger charge is 2.24. The smallest absolute Gasteiger partial charge is 0.321 e. The Morgan fingerprint density at radius 2 is 1.91 bits per heavy atom.